The highest BCUT2D eigenvalue weighted by Crippen LogP contribution is 1.38. The molecule has 28 heavy (non-hydrogen) atoms. The molecule has 0 aliphatic rings. The highest BCUT2D eigenvalue weighted by atomic mass is 16.4. The minimum absolute atomic E-state index is 0.0833. The van der Waals surface area contributed by atoms with Crippen LogP contribution in [0.2, 0.25) is 0 Å². The van der Waals surface area contributed by atoms with Crippen LogP contribution in [0.3, 0.4) is 0 Å². The zero-order valence-electron chi connectivity index (χ0n) is 18.1. The number of hydrogen-bond acceptors (Lipinski definition) is 8. The lowest BCUT2D eigenvalue weighted by Gasteiger charge is -2.05. The molecule has 0 radical (unpaired) electrons. The lowest BCUT2D eigenvalue weighted by molar-refractivity contribution is -0.852. The first-order chi connectivity index (χ1) is 12.5. The van der Waals surface area contributed by atoms with E-state index in [4.69, 9.17) is 0 Å². The molecule has 4 N–H and O–H groups in total. The van der Waals surface area contributed by atoms with Crippen LogP contribution < -0.4 is 40.0 Å². The van der Waals surface area contributed by atoms with Crippen LogP contribution in [-0.4, -0.2) is 106 Å². The van der Waals surface area contributed by atoms with Crippen molar-refractivity contribution in [2.45, 2.75) is 0 Å². The number of carboxylic acids is 4. The molecule has 12 nitrogen and oxygen atoms in total. The van der Waals surface area contributed by atoms with E-state index in [2.05, 4.69) is 0 Å². The van der Waals surface area contributed by atoms with Crippen molar-refractivity contribution in [3.05, 3.63) is 0 Å². The summed E-state index contributed by atoms with van der Waals surface area (Å²) >= 11 is 0. The topological polar surface area (TPSA) is 178 Å². The minimum Gasteiger partial charge on any atom is -0.544 e. The van der Waals surface area contributed by atoms with Gasteiger partial charge in [0, 0.05) is 0 Å². The molecule has 0 aromatic heterocycles. The van der Waals surface area contributed by atoms with Crippen LogP contribution >= 0.6 is 0 Å². The molecule has 0 spiro atoms. The monoisotopic (exact) mass is 412 g/mol. The first-order valence-corrected chi connectivity index (χ1v) is 8.46. The molecule has 0 bridgehead atoms. The number of likely N-dealkylation sites (N-methyl/N-ethyl adjacent to an activating group) is 4. The zero-order valence-corrected chi connectivity index (χ0v) is 18.1. The van der Waals surface area contributed by atoms with Gasteiger partial charge in [-0.1, -0.05) is 0 Å². The summed E-state index contributed by atoms with van der Waals surface area (Å²) in [5, 5.41) is 38.7. The molecule has 0 fully saturated rings. The summed E-state index contributed by atoms with van der Waals surface area (Å²) in [5.41, 5.74) is 0. The average molecular weight is 412 g/mol. The summed E-state index contributed by atoms with van der Waals surface area (Å²) < 4.78 is 0. The van der Waals surface area contributed by atoms with E-state index in [-0.39, 0.29) is 26.2 Å². The molecule has 0 heterocycles. The Bertz CT molecular complexity index is 360. The molecule has 168 valence electrons. The third-order valence-corrected chi connectivity index (χ3v) is 1.99. The van der Waals surface area contributed by atoms with E-state index in [0.717, 1.165) is 19.6 Å². The van der Waals surface area contributed by atoms with Crippen LogP contribution in [0.4, 0.5) is 0 Å². The van der Waals surface area contributed by atoms with Gasteiger partial charge >= 0.3 is 0 Å². The Morgan fingerprint density at radius 3 is 0.536 bits per heavy atom. The fourth-order valence-corrected chi connectivity index (χ4v) is 1.15. The summed E-state index contributed by atoms with van der Waals surface area (Å²) in [4.78, 5) is 42.2. The molecule has 0 aromatic rings. The normalized spacial score (nSPS) is 9.57. The quantitative estimate of drug-likeness (QED) is 0.303. The highest BCUT2D eigenvalue weighted by Gasteiger charge is 1.90. The Morgan fingerprint density at radius 1 is 0.429 bits per heavy atom. The number of nitrogens with one attached hydrogen (secondary N) is 4. The number of carbonyl (C=O) groups excluding carboxylic acids is 4. The van der Waals surface area contributed by atoms with Crippen LogP contribution in [0.15, 0.2) is 0 Å². The van der Waals surface area contributed by atoms with Crippen molar-refractivity contribution in [3.63, 3.8) is 0 Å². The number of hydrogen-bond donors (Lipinski definition) is 4. The molecular weight excluding hydrogens is 376 g/mol. The molecular formula is C16H36N4O8. The number of carbonyl (C=O) groups is 4. The first kappa shape index (κ1) is 33.3. The average Bonchev–Trinajstić information content (AvgIpc) is 2.32. The van der Waals surface area contributed by atoms with Gasteiger partial charge < -0.3 is 59.2 Å². The van der Waals surface area contributed by atoms with Gasteiger partial charge in [0.25, 0.3) is 0 Å². The lowest BCUT2D eigenvalue weighted by atomic mass is 10.6. The lowest BCUT2D eigenvalue weighted by Crippen LogP contribution is -3.07. The van der Waals surface area contributed by atoms with Gasteiger partial charge in [-0.05, 0) is 0 Å². The smallest absolute Gasteiger partial charge is 0.117 e. The van der Waals surface area contributed by atoms with Gasteiger partial charge in [0.05, 0.1) is 80.3 Å². The molecule has 0 saturated heterocycles. The zero-order chi connectivity index (χ0) is 23.4. The summed E-state index contributed by atoms with van der Waals surface area (Å²) in [6, 6.07) is 0. The van der Waals surface area contributed by atoms with Crippen molar-refractivity contribution < 1.29 is 59.2 Å². The SMILES string of the molecule is C[NH+](C)CC(=O)[O-].C[NH+](C)CC(=O)[O-].C[NH+](C)CC(=O)[O-].C[NH+](C)CC(=O)[O-]. The van der Waals surface area contributed by atoms with Crippen LogP contribution in [0.1, 0.15) is 0 Å². The van der Waals surface area contributed by atoms with E-state index in [1.54, 1.807) is 56.4 Å². The Morgan fingerprint density at radius 2 is 0.536 bits per heavy atom. The highest BCUT2D eigenvalue weighted by molar-refractivity contribution is 5.65. The predicted octanol–water partition coefficient (Wildman–Crippen LogP) is -12.5. The predicted molar refractivity (Wildman–Crippen MR) is 90.7 cm³/mol. The Hall–Kier alpha value is -2.28. The van der Waals surface area contributed by atoms with Gasteiger partial charge in [0.1, 0.15) is 26.2 Å². The fraction of sp³-hybridized carbons (Fsp3) is 0.750. The summed E-state index contributed by atoms with van der Waals surface area (Å²) in [6.45, 7) is 0.333. The number of aliphatic carboxylic acids is 4. The summed E-state index contributed by atoms with van der Waals surface area (Å²) in [5.74, 6) is -4.00. The molecule has 0 unspecified atom stereocenters. The standard InChI is InChI=1S/4C4H9NO2/c4*1-5(2)3-4(6)7/h4*3H2,1-2H3,(H,6,7). The van der Waals surface area contributed by atoms with Crippen molar-refractivity contribution in [3.8, 4) is 0 Å². The van der Waals surface area contributed by atoms with Gasteiger partial charge in [-0.3, -0.25) is 0 Å². The molecule has 0 amide bonds. The van der Waals surface area contributed by atoms with Gasteiger partial charge in [-0.25, -0.2) is 0 Å². The van der Waals surface area contributed by atoms with Crippen molar-refractivity contribution in [2.75, 3.05) is 82.6 Å². The maximum atomic E-state index is 9.68. The maximum absolute atomic E-state index is 9.68. The van der Waals surface area contributed by atoms with Crippen LogP contribution in [-0.2, 0) is 19.2 Å². The summed E-state index contributed by atoms with van der Waals surface area (Å²) in [6.07, 6.45) is 0. The van der Waals surface area contributed by atoms with Gasteiger partial charge in [-0.15, -0.1) is 0 Å². The minimum atomic E-state index is -1.000. The van der Waals surface area contributed by atoms with E-state index in [0.29, 0.717) is 0 Å². The van der Waals surface area contributed by atoms with E-state index in [9.17, 15) is 39.6 Å². The largest absolute Gasteiger partial charge is 0.544 e. The second-order valence-electron chi connectivity index (χ2n) is 7.02. The molecule has 0 rings (SSSR count). The van der Waals surface area contributed by atoms with E-state index in [1.807, 2.05) is 0 Å². The van der Waals surface area contributed by atoms with Crippen molar-refractivity contribution in [2.24, 2.45) is 0 Å². The molecule has 0 atom stereocenters. The third kappa shape index (κ3) is 65.0. The van der Waals surface area contributed by atoms with Gasteiger partial charge in [0.2, 0.25) is 0 Å². The molecule has 0 saturated carbocycles. The van der Waals surface area contributed by atoms with Crippen molar-refractivity contribution in [1.82, 2.24) is 0 Å². The van der Waals surface area contributed by atoms with Gasteiger partial charge in [0.15, 0.2) is 0 Å². The molecule has 0 aliphatic carbocycles. The number of carboxylic acid groups (broad SMARTS) is 4. The Labute approximate surface area is 166 Å². The van der Waals surface area contributed by atoms with Gasteiger partial charge in [-0.2, -0.15) is 0 Å². The van der Waals surface area contributed by atoms with Crippen LogP contribution in [0.25, 0.3) is 0 Å². The Kier molecular flexibility index (Phi) is 25.0. The second kappa shape index (κ2) is 21.0. The van der Waals surface area contributed by atoms with E-state index in [1.165, 1.54) is 0 Å². The van der Waals surface area contributed by atoms with Crippen molar-refractivity contribution in [1.29, 1.82) is 0 Å². The van der Waals surface area contributed by atoms with Crippen molar-refractivity contribution >= 4 is 23.9 Å². The van der Waals surface area contributed by atoms with E-state index >= 15 is 0 Å². The van der Waals surface area contributed by atoms with Crippen LogP contribution in [0.5, 0.6) is 0 Å². The second-order valence-corrected chi connectivity index (χ2v) is 7.02. The van der Waals surface area contributed by atoms with Crippen LogP contribution in [0, 0.1) is 0 Å². The summed E-state index contributed by atoms with van der Waals surface area (Å²) in [7, 11) is 14.1. The molecule has 0 aliphatic heterocycles. The fourth-order valence-electron chi connectivity index (χ4n) is 1.15. The first-order valence-electron chi connectivity index (χ1n) is 8.46. The van der Waals surface area contributed by atoms with E-state index < -0.39 is 23.9 Å². The third-order valence-electron chi connectivity index (χ3n) is 1.99. The molecule has 0 aromatic carbocycles. The number of rotatable bonds is 8. The maximum Gasteiger partial charge on any atom is 0.117 e. The molecule has 12 heteroatoms. The number of quaternary nitrogens is 4. The Balaban J connectivity index is -0.000000137.